The van der Waals surface area contributed by atoms with Crippen LogP contribution in [0.4, 0.5) is 5.69 Å². The molecule has 10 nitrogen and oxygen atoms in total. The second-order valence-corrected chi connectivity index (χ2v) is 12.3. The van der Waals surface area contributed by atoms with Crippen LogP contribution in [0.3, 0.4) is 0 Å². The zero-order valence-corrected chi connectivity index (χ0v) is 25.7. The van der Waals surface area contributed by atoms with Crippen LogP contribution in [0.5, 0.6) is 0 Å². The number of rotatable bonds is 4. The molecule has 2 N–H and O–H groups in total. The van der Waals surface area contributed by atoms with Crippen molar-refractivity contribution in [2.75, 3.05) is 24.6 Å². The summed E-state index contributed by atoms with van der Waals surface area (Å²) in [6.45, 7) is 5.41. The van der Waals surface area contributed by atoms with E-state index in [0.717, 1.165) is 11.1 Å². The van der Waals surface area contributed by atoms with Crippen LogP contribution in [-0.4, -0.2) is 77.2 Å². The van der Waals surface area contributed by atoms with Crippen molar-refractivity contribution in [3.63, 3.8) is 0 Å². The van der Waals surface area contributed by atoms with Gasteiger partial charge in [0.25, 0.3) is 5.91 Å². The fourth-order valence-corrected chi connectivity index (χ4v) is 7.31. The van der Waals surface area contributed by atoms with Gasteiger partial charge in [0.2, 0.25) is 11.8 Å². The van der Waals surface area contributed by atoms with Gasteiger partial charge in [-0.1, -0.05) is 72.8 Å². The third kappa shape index (κ3) is 5.25. The van der Waals surface area contributed by atoms with Gasteiger partial charge in [0.1, 0.15) is 23.7 Å². The van der Waals surface area contributed by atoms with Crippen LogP contribution in [0.25, 0.3) is 0 Å². The Bertz CT molecular complexity index is 1540. The van der Waals surface area contributed by atoms with E-state index < -0.39 is 53.6 Å². The summed E-state index contributed by atoms with van der Waals surface area (Å²) >= 11 is 0. The molecular formula is C35H39N3O7. The Morgan fingerprint density at radius 3 is 2.44 bits per heavy atom. The smallest absolute Gasteiger partial charge is 0.313 e. The van der Waals surface area contributed by atoms with E-state index in [1.807, 2.05) is 74.5 Å². The van der Waals surface area contributed by atoms with Crippen molar-refractivity contribution in [3.05, 3.63) is 89.5 Å². The number of carbonyl (C=O) groups is 4. The van der Waals surface area contributed by atoms with Crippen molar-refractivity contribution >= 4 is 29.4 Å². The van der Waals surface area contributed by atoms with Crippen molar-refractivity contribution in [3.8, 4) is 0 Å². The molecule has 2 aromatic rings. The molecule has 4 aliphatic heterocycles. The number of cyclic esters (lactones) is 1. The predicted octanol–water partition coefficient (Wildman–Crippen LogP) is 2.92. The van der Waals surface area contributed by atoms with Gasteiger partial charge in [-0.2, -0.15) is 0 Å². The van der Waals surface area contributed by atoms with Gasteiger partial charge < -0.3 is 29.7 Å². The van der Waals surface area contributed by atoms with E-state index in [1.54, 1.807) is 24.0 Å². The van der Waals surface area contributed by atoms with E-state index in [2.05, 4.69) is 5.32 Å². The number of nitrogens with zero attached hydrogens (tertiary/aromatic N) is 2. The summed E-state index contributed by atoms with van der Waals surface area (Å²) in [6, 6.07) is 13.0. The molecule has 0 aromatic heterocycles. The van der Waals surface area contributed by atoms with Crippen LogP contribution in [0.1, 0.15) is 42.6 Å². The first-order valence-electron chi connectivity index (χ1n) is 15.5. The van der Waals surface area contributed by atoms with Crippen LogP contribution in [0.2, 0.25) is 0 Å². The summed E-state index contributed by atoms with van der Waals surface area (Å²) in [5, 5.41) is 13.1. The highest BCUT2D eigenvalue weighted by atomic mass is 16.6. The molecule has 236 valence electrons. The molecule has 5 bridgehead atoms. The number of para-hydroxylation sites is 1. The molecule has 7 atom stereocenters. The minimum absolute atomic E-state index is 0.0608. The quantitative estimate of drug-likeness (QED) is 0.401. The number of ether oxygens (including phenoxy) is 2. The first-order chi connectivity index (χ1) is 21.7. The average Bonchev–Trinajstić information content (AvgIpc) is 3.68. The summed E-state index contributed by atoms with van der Waals surface area (Å²) in [7, 11) is 0. The number of aryl methyl sites for hydroxylation is 2. The fourth-order valence-electron chi connectivity index (χ4n) is 7.31. The number of fused-ring (bicyclic) bond motifs is 2. The van der Waals surface area contributed by atoms with Crippen molar-refractivity contribution in [2.24, 2.45) is 11.8 Å². The Morgan fingerprint density at radius 2 is 1.73 bits per heavy atom. The lowest BCUT2D eigenvalue weighted by atomic mass is 9.74. The molecular weight excluding hydrogens is 574 g/mol. The van der Waals surface area contributed by atoms with Gasteiger partial charge in [0.05, 0.1) is 31.2 Å². The second-order valence-electron chi connectivity index (χ2n) is 12.3. The molecule has 4 heterocycles. The molecule has 2 saturated heterocycles. The first-order valence-corrected chi connectivity index (χ1v) is 15.5. The maximum absolute atomic E-state index is 14.9. The number of nitrogens with one attached hydrogen (secondary N) is 1. The molecule has 0 aliphatic carbocycles. The number of aliphatic hydroxyl groups is 1. The highest BCUT2D eigenvalue weighted by Gasteiger charge is 2.74. The average molecular weight is 614 g/mol. The number of aliphatic hydroxyl groups excluding tert-OH is 1. The molecule has 3 amide bonds. The Balaban J connectivity index is 1.46. The molecule has 2 aromatic carbocycles. The van der Waals surface area contributed by atoms with Gasteiger partial charge in [-0.25, -0.2) is 0 Å². The molecule has 0 unspecified atom stereocenters. The molecule has 4 aliphatic rings. The highest BCUT2D eigenvalue weighted by Crippen LogP contribution is 2.56. The van der Waals surface area contributed by atoms with Gasteiger partial charge in [-0.3, -0.25) is 19.2 Å². The van der Waals surface area contributed by atoms with E-state index in [9.17, 15) is 24.3 Å². The SMILES string of the molecule is Cc1cccc(C)c1N1C/C=C\CCC(=O)NC[C@@H](c2ccccc2)OC(=O)[C@@H]2[C@@H]3C=C[C@]4(O3)[C@H](C1=O)N([C@H](C)CO)C(=O)[C@@H]24. The third-order valence-corrected chi connectivity index (χ3v) is 9.44. The number of amides is 3. The summed E-state index contributed by atoms with van der Waals surface area (Å²) in [5.41, 5.74) is 1.74. The number of likely N-dealkylation sites (tertiary alicyclic amines) is 1. The molecule has 0 radical (unpaired) electrons. The maximum atomic E-state index is 14.9. The van der Waals surface area contributed by atoms with Gasteiger partial charge >= 0.3 is 5.97 Å². The number of hydrogen-bond donors (Lipinski definition) is 2. The van der Waals surface area contributed by atoms with Gasteiger partial charge in [0.15, 0.2) is 0 Å². The van der Waals surface area contributed by atoms with Gasteiger partial charge in [-0.05, 0) is 43.9 Å². The van der Waals surface area contributed by atoms with Crippen LogP contribution < -0.4 is 10.2 Å². The van der Waals surface area contributed by atoms with Crippen molar-refractivity contribution < 1.29 is 33.8 Å². The predicted molar refractivity (Wildman–Crippen MR) is 166 cm³/mol. The van der Waals surface area contributed by atoms with Crippen LogP contribution >= 0.6 is 0 Å². The second kappa shape index (κ2) is 12.3. The Kier molecular flexibility index (Phi) is 8.37. The Labute approximate surface area is 262 Å². The monoisotopic (exact) mass is 613 g/mol. The largest absolute Gasteiger partial charge is 0.455 e. The topological polar surface area (TPSA) is 125 Å². The molecule has 2 fully saturated rings. The number of allylic oxidation sites excluding steroid dienone is 1. The van der Waals surface area contributed by atoms with E-state index in [-0.39, 0.29) is 37.9 Å². The zero-order chi connectivity index (χ0) is 31.9. The molecule has 1 spiro atoms. The van der Waals surface area contributed by atoms with E-state index >= 15 is 0 Å². The standard InChI is InChI=1S/C35H39N3O7/c1-21-11-10-12-22(2)30(21)37-18-9-5-8-15-27(40)36-19-26(24-13-6-4-7-14-24)44-34(43)28-25-16-17-35(45-25)29(28)32(41)38(23(3)20-39)31(35)33(37)42/h4-7,9-14,16-17,23,25-26,28-29,31,39H,8,15,18-20H2,1-3H3,(H,36,40)/b9-5-/t23-,25+,26+,28-,29-,31+,35-/m1/s1. The number of benzene rings is 2. The summed E-state index contributed by atoms with van der Waals surface area (Å²) in [6.07, 6.45) is 6.29. The summed E-state index contributed by atoms with van der Waals surface area (Å²) in [4.78, 5) is 59.1. The normalized spacial score (nSPS) is 31.5. The lowest BCUT2D eigenvalue weighted by Crippen LogP contribution is -2.58. The third-order valence-electron chi connectivity index (χ3n) is 9.44. The first kappa shape index (κ1) is 30.7. The van der Waals surface area contributed by atoms with Crippen molar-refractivity contribution in [2.45, 2.75) is 63.5 Å². The maximum Gasteiger partial charge on any atom is 0.313 e. The molecule has 6 rings (SSSR count). The highest BCUT2D eigenvalue weighted by molar-refractivity contribution is 6.06. The van der Waals surface area contributed by atoms with Gasteiger partial charge in [-0.15, -0.1) is 0 Å². The summed E-state index contributed by atoms with van der Waals surface area (Å²) < 4.78 is 12.6. The van der Waals surface area contributed by atoms with Crippen LogP contribution in [0.15, 0.2) is 72.8 Å². The van der Waals surface area contributed by atoms with Crippen molar-refractivity contribution in [1.29, 1.82) is 0 Å². The van der Waals surface area contributed by atoms with Crippen LogP contribution in [-0.2, 0) is 28.7 Å². The van der Waals surface area contributed by atoms with E-state index in [0.29, 0.717) is 17.7 Å². The van der Waals surface area contributed by atoms with E-state index in [1.165, 1.54) is 4.90 Å². The molecule has 0 saturated carbocycles. The minimum atomic E-state index is -1.42. The zero-order valence-electron chi connectivity index (χ0n) is 25.7. The number of carbonyl (C=O) groups excluding carboxylic acids is 4. The number of esters is 1. The Hall–Kier alpha value is -4.28. The number of hydrogen-bond acceptors (Lipinski definition) is 7. The van der Waals surface area contributed by atoms with E-state index in [4.69, 9.17) is 9.47 Å². The lowest BCUT2D eigenvalue weighted by Gasteiger charge is -2.38. The lowest BCUT2D eigenvalue weighted by molar-refractivity contribution is -0.160. The minimum Gasteiger partial charge on any atom is -0.455 e. The molecule has 45 heavy (non-hydrogen) atoms. The van der Waals surface area contributed by atoms with Gasteiger partial charge in [0, 0.05) is 18.7 Å². The summed E-state index contributed by atoms with van der Waals surface area (Å²) in [5.74, 6) is -3.70. The van der Waals surface area contributed by atoms with Crippen LogP contribution in [0, 0.1) is 25.7 Å². The fraction of sp³-hybridized carbons (Fsp3) is 0.429. The van der Waals surface area contributed by atoms with Crippen molar-refractivity contribution in [1.82, 2.24) is 10.2 Å². The number of anilines is 1. The Morgan fingerprint density at radius 1 is 1.00 bits per heavy atom. The molecule has 10 heteroatoms.